The highest BCUT2D eigenvalue weighted by atomic mass is 32.2. The Morgan fingerprint density at radius 2 is 1.77 bits per heavy atom. The summed E-state index contributed by atoms with van der Waals surface area (Å²) in [5.74, 6) is -0.142. The highest BCUT2D eigenvalue weighted by Gasteiger charge is 2.28. The van der Waals surface area contributed by atoms with Gasteiger partial charge in [0.15, 0.2) is 0 Å². The molecule has 2 aromatic carbocycles. The molecule has 1 amide bonds. The molecule has 30 heavy (non-hydrogen) atoms. The Balaban J connectivity index is 1.51. The van der Waals surface area contributed by atoms with Gasteiger partial charge in [0.1, 0.15) is 5.75 Å². The highest BCUT2D eigenvalue weighted by Crippen LogP contribution is 2.18. The van der Waals surface area contributed by atoms with Crippen LogP contribution in [-0.2, 0) is 14.8 Å². The number of aryl methyl sites for hydroxylation is 1. The van der Waals surface area contributed by atoms with E-state index in [1.165, 1.54) is 4.31 Å². The molecule has 0 atom stereocenters. The molecule has 0 unspecified atom stereocenters. The van der Waals surface area contributed by atoms with E-state index in [0.717, 1.165) is 5.56 Å². The van der Waals surface area contributed by atoms with Gasteiger partial charge < -0.3 is 5.11 Å². The fourth-order valence-corrected chi connectivity index (χ4v) is 4.59. The van der Waals surface area contributed by atoms with Gasteiger partial charge in [0.05, 0.1) is 17.2 Å². The summed E-state index contributed by atoms with van der Waals surface area (Å²) < 4.78 is 27.0. The maximum absolute atomic E-state index is 12.8. The van der Waals surface area contributed by atoms with Crippen molar-refractivity contribution >= 4 is 21.6 Å². The lowest BCUT2D eigenvalue weighted by molar-refractivity contribution is -0.122. The summed E-state index contributed by atoms with van der Waals surface area (Å²) in [6.45, 7) is 5.38. The van der Waals surface area contributed by atoms with E-state index in [-0.39, 0.29) is 23.1 Å². The van der Waals surface area contributed by atoms with Crippen LogP contribution in [-0.4, -0.2) is 67.1 Å². The molecule has 1 saturated heterocycles. The van der Waals surface area contributed by atoms with Gasteiger partial charge in [0, 0.05) is 31.7 Å². The summed E-state index contributed by atoms with van der Waals surface area (Å²) in [6, 6.07) is 13.4. The highest BCUT2D eigenvalue weighted by molar-refractivity contribution is 7.89. The molecule has 1 heterocycles. The zero-order valence-corrected chi connectivity index (χ0v) is 17.9. The largest absolute Gasteiger partial charge is 0.508 e. The van der Waals surface area contributed by atoms with Crippen LogP contribution in [0.4, 0.5) is 0 Å². The van der Waals surface area contributed by atoms with Crippen LogP contribution in [0, 0.1) is 6.92 Å². The van der Waals surface area contributed by atoms with Crippen molar-refractivity contribution in [2.75, 3.05) is 32.7 Å². The van der Waals surface area contributed by atoms with Crippen LogP contribution in [0.3, 0.4) is 0 Å². The third-order valence-electron chi connectivity index (χ3n) is 4.97. The van der Waals surface area contributed by atoms with Crippen molar-refractivity contribution in [1.29, 1.82) is 0 Å². The number of carbonyl (C=O) groups excluding carboxylic acids is 1. The SMILES string of the molecule is C/C(=N\NC(=O)CN1CCN(S(=O)(=O)c2ccc(C)cc2)CC1)c1cccc(O)c1. The minimum Gasteiger partial charge on any atom is -0.508 e. The second kappa shape index (κ2) is 9.38. The van der Waals surface area contributed by atoms with E-state index in [1.807, 2.05) is 11.8 Å². The lowest BCUT2D eigenvalue weighted by Crippen LogP contribution is -2.50. The number of nitrogens with zero attached hydrogens (tertiary/aromatic N) is 3. The molecular formula is C21H26N4O4S. The van der Waals surface area contributed by atoms with E-state index in [2.05, 4.69) is 10.5 Å². The average Bonchev–Trinajstić information content (AvgIpc) is 2.73. The van der Waals surface area contributed by atoms with E-state index < -0.39 is 10.0 Å². The van der Waals surface area contributed by atoms with Gasteiger partial charge in [-0.05, 0) is 38.1 Å². The molecule has 0 aliphatic carbocycles. The minimum atomic E-state index is -3.52. The predicted molar refractivity (Wildman–Crippen MR) is 115 cm³/mol. The number of hydrogen-bond acceptors (Lipinski definition) is 6. The number of phenolic OH excluding ortho intramolecular Hbond substituents is 1. The van der Waals surface area contributed by atoms with Crippen LogP contribution in [0.5, 0.6) is 5.75 Å². The zero-order chi connectivity index (χ0) is 21.7. The number of amides is 1. The van der Waals surface area contributed by atoms with Crippen LogP contribution in [0.15, 0.2) is 58.5 Å². The molecule has 2 aromatic rings. The van der Waals surface area contributed by atoms with Crippen LogP contribution >= 0.6 is 0 Å². The Hall–Kier alpha value is -2.75. The van der Waals surface area contributed by atoms with Gasteiger partial charge in [-0.25, -0.2) is 13.8 Å². The molecular weight excluding hydrogens is 404 g/mol. The van der Waals surface area contributed by atoms with Crippen LogP contribution in [0.1, 0.15) is 18.1 Å². The Morgan fingerprint density at radius 1 is 1.10 bits per heavy atom. The van der Waals surface area contributed by atoms with Crippen molar-refractivity contribution in [2.45, 2.75) is 18.7 Å². The van der Waals surface area contributed by atoms with Crippen molar-refractivity contribution in [1.82, 2.24) is 14.6 Å². The zero-order valence-electron chi connectivity index (χ0n) is 17.1. The van der Waals surface area contributed by atoms with Crippen molar-refractivity contribution < 1.29 is 18.3 Å². The third kappa shape index (κ3) is 5.44. The molecule has 9 heteroatoms. The molecule has 0 bridgehead atoms. The summed E-state index contributed by atoms with van der Waals surface area (Å²) in [5, 5.41) is 13.6. The number of hydrogen-bond donors (Lipinski definition) is 2. The number of phenols is 1. The lowest BCUT2D eigenvalue weighted by atomic mass is 10.1. The van der Waals surface area contributed by atoms with Gasteiger partial charge in [-0.15, -0.1) is 0 Å². The molecule has 0 spiro atoms. The van der Waals surface area contributed by atoms with Crippen LogP contribution in [0.25, 0.3) is 0 Å². The van der Waals surface area contributed by atoms with Crippen molar-refractivity contribution in [3.8, 4) is 5.75 Å². The quantitative estimate of drug-likeness (QED) is 0.535. The first kappa shape index (κ1) is 21.9. The number of carbonyl (C=O) groups is 1. The molecule has 3 rings (SSSR count). The van der Waals surface area contributed by atoms with E-state index in [4.69, 9.17) is 0 Å². The molecule has 1 aliphatic heterocycles. The van der Waals surface area contributed by atoms with Gasteiger partial charge in [-0.1, -0.05) is 29.8 Å². The third-order valence-corrected chi connectivity index (χ3v) is 6.88. The predicted octanol–water partition coefficient (Wildman–Crippen LogP) is 1.55. The van der Waals surface area contributed by atoms with Gasteiger partial charge in [-0.2, -0.15) is 9.41 Å². The van der Waals surface area contributed by atoms with Crippen molar-refractivity contribution in [2.24, 2.45) is 5.10 Å². The summed E-state index contributed by atoms with van der Waals surface area (Å²) in [7, 11) is -3.52. The fourth-order valence-electron chi connectivity index (χ4n) is 3.17. The Labute approximate surface area is 176 Å². The number of nitrogens with one attached hydrogen (secondary N) is 1. The summed E-state index contributed by atoms with van der Waals surface area (Å²) in [5.41, 5.74) is 4.81. The van der Waals surface area contributed by atoms with Gasteiger partial charge in [-0.3, -0.25) is 9.69 Å². The van der Waals surface area contributed by atoms with E-state index in [9.17, 15) is 18.3 Å². The van der Waals surface area contributed by atoms with Crippen LogP contribution in [0.2, 0.25) is 0 Å². The van der Waals surface area contributed by atoms with Crippen LogP contribution < -0.4 is 5.43 Å². The minimum absolute atomic E-state index is 0.131. The number of piperazine rings is 1. The maximum atomic E-state index is 12.8. The number of sulfonamides is 1. The normalized spacial score (nSPS) is 16.4. The summed E-state index contributed by atoms with van der Waals surface area (Å²) in [4.78, 5) is 14.4. The van der Waals surface area contributed by atoms with Crippen molar-refractivity contribution in [3.05, 3.63) is 59.7 Å². The van der Waals surface area contributed by atoms with Gasteiger partial charge >= 0.3 is 0 Å². The average molecular weight is 431 g/mol. The fraction of sp³-hybridized carbons (Fsp3) is 0.333. The summed E-state index contributed by atoms with van der Waals surface area (Å²) in [6.07, 6.45) is 0. The molecule has 0 aromatic heterocycles. The Kier molecular flexibility index (Phi) is 6.86. The molecule has 1 aliphatic rings. The molecule has 8 nitrogen and oxygen atoms in total. The molecule has 0 saturated carbocycles. The number of benzene rings is 2. The first-order valence-corrected chi connectivity index (χ1v) is 11.1. The number of hydrazone groups is 1. The standard InChI is InChI=1S/C21H26N4O4S/c1-16-6-8-20(9-7-16)30(28,29)25-12-10-24(11-13-25)15-21(27)23-22-17(2)18-4-3-5-19(26)14-18/h3-9,14,26H,10-13,15H2,1-2H3,(H,23,27)/b22-17+. The Bertz CT molecular complexity index is 1030. The monoisotopic (exact) mass is 430 g/mol. The second-order valence-corrected chi connectivity index (χ2v) is 9.21. The van der Waals surface area contributed by atoms with Gasteiger partial charge in [0.25, 0.3) is 5.91 Å². The Morgan fingerprint density at radius 3 is 2.40 bits per heavy atom. The smallest absolute Gasteiger partial charge is 0.254 e. The first-order valence-electron chi connectivity index (χ1n) is 9.67. The molecule has 0 radical (unpaired) electrons. The van der Waals surface area contributed by atoms with E-state index in [0.29, 0.717) is 37.5 Å². The van der Waals surface area contributed by atoms with Gasteiger partial charge in [0.2, 0.25) is 10.0 Å². The molecule has 1 fully saturated rings. The van der Waals surface area contributed by atoms with E-state index in [1.54, 1.807) is 55.5 Å². The molecule has 160 valence electrons. The molecule has 2 N–H and O–H groups in total. The second-order valence-electron chi connectivity index (χ2n) is 7.28. The maximum Gasteiger partial charge on any atom is 0.254 e. The topological polar surface area (TPSA) is 102 Å². The van der Waals surface area contributed by atoms with Crippen molar-refractivity contribution in [3.63, 3.8) is 0 Å². The number of rotatable bonds is 6. The summed E-state index contributed by atoms with van der Waals surface area (Å²) >= 11 is 0. The number of aromatic hydroxyl groups is 1. The first-order chi connectivity index (χ1) is 14.3. The van der Waals surface area contributed by atoms with E-state index >= 15 is 0 Å². The lowest BCUT2D eigenvalue weighted by Gasteiger charge is -2.33.